The molecule has 0 amide bonds. The van der Waals surface area contributed by atoms with Gasteiger partial charge in [0.2, 0.25) is 0 Å². The quantitative estimate of drug-likeness (QED) is 0.394. The molecule has 0 heterocycles. The van der Waals surface area contributed by atoms with Crippen molar-refractivity contribution in [1.29, 1.82) is 0 Å². The van der Waals surface area contributed by atoms with E-state index in [9.17, 15) is 0 Å². The fraction of sp³-hybridized carbons (Fsp3) is 1.00. The van der Waals surface area contributed by atoms with Gasteiger partial charge in [-0.2, -0.15) is 0 Å². The maximum atomic E-state index is 2.28. The molecule has 0 fully saturated rings. The molecule has 0 bridgehead atoms. The third-order valence-corrected chi connectivity index (χ3v) is 3.19. The molecule has 0 nitrogen and oxygen atoms in total. The number of hydrogen-bond acceptors (Lipinski definition) is 0. The Morgan fingerprint density at radius 3 is 2.20 bits per heavy atom. The Bertz CT molecular complexity index is 44.7. The van der Waals surface area contributed by atoms with E-state index in [1.807, 2.05) is 0 Å². The van der Waals surface area contributed by atoms with E-state index in [1.165, 1.54) is 53.0 Å². The largest absolute Gasteiger partial charge is 0.122 e. The van der Waals surface area contributed by atoms with E-state index in [4.69, 9.17) is 0 Å². The van der Waals surface area contributed by atoms with Crippen molar-refractivity contribution in [3.8, 4) is 0 Å². The molecule has 0 aliphatic carbocycles. The fourth-order valence-electron chi connectivity index (χ4n) is 0.979. The van der Waals surface area contributed by atoms with Crippen LogP contribution in [0.5, 0.6) is 0 Å². The summed E-state index contributed by atoms with van der Waals surface area (Å²) in [5.41, 5.74) is 0. The average molecular weight is 160 g/mol. The van der Waals surface area contributed by atoms with Gasteiger partial charge < -0.3 is 0 Å². The fourth-order valence-corrected chi connectivity index (χ4v) is 2.08. The van der Waals surface area contributed by atoms with Crippen LogP contribution in [0.4, 0.5) is 0 Å². The lowest BCUT2D eigenvalue weighted by Gasteiger charge is -1.98. The average Bonchev–Trinajstić information content (AvgIpc) is 1.97. The van der Waals surface area contributed by atoms with Crippen molar-refractivity contribution in [3.05, 3.63) is 0 Å². The highest BCUT2D eigenvalue weighted by Crippen LogP contribution is 2.14. The maximum absolute atomic E-state index is 2.28. The van der Waals surface area contributed by atoms with Crippen LogP contribution in [0.2, 0.25) is 0 Å². The van der Waals surface area contributed by atoms with Gasteiger partial charge in [0.05, 0.1) is 0 Å². The highest BCUT2D eigenvalue weighted by molar-refractivity contribution is 7.37. The summed E-state index contributed by atoms with van der Waals surface area (Å²) in [7, 11) is 1.24. The van der Waals surface area contributed by atoms with Crippen LogP contribution in [0, 0.1) is 0 Å². The van der Waals surface area contributed by atoms with Crippen LogP contribution in [0.15, 0.2) is 0 Å². The third-order valence-electron chi connectivity index (χ3n) is 1.63. The molecule has 1 unspecified atom stereocenters. The van der Waals surface area contributed by atoms with E-state index in [-0.39, 0.29) is 0 Å². The summed E-state index contributed by atoms with van der Waals surface area (Å²) in [6, 6.07) is 0. The summed E-state index contributed by atoms with van der Waals surface area (Å²) in [6.07, 6.45) is 10.1. The second kappa shape index (κ2) is 9.43. The zero-order valence-electron chi connectivity index (χ0n) is 7.45. The van der Waals surface area contributed by atoms with E-state index in [0.717, 1.165) is 0 Å². The van der Waals surface area contributed by atoms with Crippen molar-refractivity contribution in [2.75, 3.05) is 12.3 Å². The van der Waals surface area contributed by atoms with Crippen LogP contribution in [0.3, 0.4) is 0 Å². The van der Waals surface area contributed by atoms with Crippen molar-refractivity contribution in [3.63, 3.8) is 0 Å². The minimum atomic E-state index is 1.24. The monoisotopic (exact) mass is 160 g/mol. The Labute approximate surface area is 67.6 Å². The molecule has 0 aliphatic heterocycles. The highest BCUT2D eigenvalue weighted by atomic mass is 31.1. The first-order valence-electron chi connectivity index (χ1n) is 4.62. The molecule has 0 aliphatic rings. The van der Waals surface area contributed by atoms with Crippen molar-refractivity contribution in [2.24, 2.45) is 0 Å². The number of rotatable bonds is 7. The van der Waals surface area contributed by atoms with Crippen LogP contribution < -0.4 is 0 Å². The summed E-state index contributed by atoms with van der Waals surface area (Å²) in [4.78, 5) is 0. The molecule has 0 aromatic rings. The lowest BCUT2D eigenvalue weighted by molar-refractivity contribution is 0.705. The molecule has 1 atom stereocenters. The third kappa shape index (κ3) is 8.43. The van der Waals surface area contributed by atoms with Gasteiger partial charge in [0.1, 0.15) is 0 Å². The second-order valence-electron chi connectivity index (χ2n) is 2.81. The van der Waals surface area contributed by atoms with E-state index in [0.29, 0.717) is 0 Å². The molecule has 0 saturated carbocycles. The summed E-state index contributed by atoms with van der Waals surface area (Å²) >= 11 is 0. The van der Waals surface area contributed by atoms with E-state index >= 15 is 0 Å². The van der Waals surface area contributed by atoms with Crippen molar-refractivity contribution >= 4 is 8.58 Å². The number of unbranched alkanes of at least 4 members (excludes halogenated alkanes) is 3. The Morgan fingerprint density at radius 2 is 1.60 bits per heavy atom. The van der Waals surface area contributed by atoms with Crippen molar-refractivity contribution in [1.82, 2.24) is 0 Å². The predicted octanol–water partition coefficient (Wildman–Crippen LogP) is 3.66. The molecule has 0 aromatic carbocycles. The minimum Gasteiger partial charge on any atom is -0.122 e. The summed E-state index contributed by atoms with van der Waals surface area (Å²) in [6.45, 7) is 4.55. The van der Waals surface area contributed by atoms with Crippen LogP contribution in [-0.2, 0) is 0 Å². The first-order valence-corrected chi connectivity index (χ1v) is 6.04. The van der Waals surface area contributed by atoms with Gasteiger partial charge in [-0.05, 0) is 18.7 Å². The Balaban J connectivity index is 2.65. The first-order chi connectivity index (χ1) is 4.91. The van der Waals surface area contributed by atoms with Crippen LogP contribution in [0.1, 0.15) is 46.0 Å². The second-order valence-corrected chi connectivity index (χ2v) is 4.31. The molecular formula is C9H21P. The van der Waals surface area contributed by atoms with Gasteiger partial charge in [0, 0.05) is 0 Å². The molecule has 0 radical (unpaired) electrons. The molecule has 0 spiro atoms. The summed E-state index contributed by atoms with van der Waals surface area (Å²) in [5, 5.41) is 0. The SMILES string of the molecule is CCCCCCPCCC. The van der Waals surface area contributed by atoms with Gasteiger partial charge in [-0.15, -0.1) is 8.58 Å². The van der Waals surface area contributed by atoms with Crippen LogP contribution >= 0.6 is 8.58 Å². The molecule has 0 aromatic heterocycles. The predicted molar refractivity (Wildman–Crippen MR) is 52.5 cm³/mol. The van der Waals surface area contributed by atoms with Crippen LogP contribution in [0.25, 0.3) is 0 Å². The highest BCUT2D eigenvalue weighted by Gasteiger charge is 1.87. The molecule has 0 saturated heterocycles. The van der Waals surface area contributed by atoms with Crippen LogP contribution in [-0.4, -0.2) is 12.3 Å². The Morgan fingerprint density at radius 1 is 0.800 bits per heavy atom. The summed E-state index contributed by atoms with van der Waals surface area (Å²) in [5.74, 6) is 0. The zero-order chi connectivity index (χ0) is 7.66. The van der Waals surface area contributed by atoms with Crippen molar-refractivity contribution < 1.29 is 0 Å². The zero-order valence-corrected chi connectivity index (χ0v) is 8.45. The molecule has 62 valence electrons. The Hall–Kier alpha value is 0.430. The van der Waals surface area contributed by atoms with Crippen molar-refractivity contribution in [2.45, 2.75) is 46.0 Å². The number of hydrogen-bond donors (Lipinski definition) is 0. The van der Waals surface area contributed by atoms with E-state index in [1.54, 1.807) is 0 Å². The van der Waals surface area contributed by atoms with E-state index in [2.05, 4.69) is 13.8 Å². The minimum absolute atomic E-state index is 1.24. The lowest BCUT2D eigenvalue weighted by Crippen LogP contribution is -1.80. The van der Waals surface area contributed by atoms with Gasteiger partial charge >= 0.3 is 0 Å². The smallest absolute Gasteiger partial charge is 0.0353 e. The van der Waals surface area contributed by atoms with Gasteiger partial charge in [0.15, 0.2) is 0 Å². The molecular weight excluding hydrogens is 139 g/mol. The lowest BCUT2D eigenvalue weighted by atomic mass is 10.2. The normalized spacial score (nSPS) is 11.4. The van der Waals surface area contributed by atoms with Gasteiger partial charge in [-0.25, -0.2) is 0 Å². The molecule has 0 rings (SSSR count). The van der Waals surface area contributed by atoms with Gasteiger partial charge in [-0.1, -0.05) is 39.5 Å². The molecule has 10 heavy (non-hydrogen) atoms. The topological polar surface area (TPSA) is 0 Å². The molecule has 1 heteroatoms. The summed E-state index contributed by atoms with van der Waals surface area (Å²) < 4.78 is 0. The standard InChI is InChI=1S/C9H21P/c1-3-5-6-7-9-10-8-4-2/h10H,3-9H2,1-2H3. The van der Waals surface area contributed by atoms with E-state index < -0.39 is 0 Å². The Kier molecular flexibility index (Phi) is 9.84. The van der Waals surface area contributed by atoms with Gasteiger partial charge in [-0.3, -0.25) is 0 Å². The maximum Gasteiger partial charge on any atom is -0.0353 e. The molecule has 0 N–H and O–H groups in total. The first kappa shape index (κ1) is 10.4. The van der Waals surface area contributed by atoms with Gasteiger partial charge in [0.25, 0.3) is 0 Å².